The molecule has 0 radical (unpaired) electrons. The summed E-state index contributed by atoms with van der Waals surface area (Å²) in [6, 6.07) is 1.75. The molecule has 0 aromatic carbocycles. The Morgan fingerprint density at radius 3 is 2.92 bits per heavy atom. The van der Waals surface area contributed by atoms with Crippen molar-refractivity contribution in [3.05, 3.63) is 17.0 Å². The number of hydrogen-bond donors (Lipinski definition) is 2. The van der Waals surface area contributed by atoms with Crippen molar-refractivity contribution in [2.24, 2.45) is 11.7 Å². The Labute approximate surface area is 81.9 Å². The second kappa shape index (κ2) is 4.28. The Morgan fingerprint density at radius 2 is 2.38 bits per heavy atom. The fourth-order valence-corrected chi connectivity index (χ4v) is 1.74. The number of thiophene rings is 1. The van der Waals surface area contributed by atoms with Gasteiger partial charge in [0.15, 0.2) is 0 Å². The van der Waals surface area contributed by atoms with Crippen molar-refractivity contribution < 1.29 is 4.79 Å². The van der Waals surface area contributed by atoms with Gasteiger partial charge in [-0.05, 0) is 17.4 Å². The second-order valence-electron chi connectivity index (χ2n) is 3.30. The molecule has 0 aliphatic heterocycles. The van der Waals surface area contributed by atoms with E-state index in [0.717, 1.165) is 11.5 Å². The molecule has 1 aromatic rings. The van der Waals surface area contributed by atoms with Crippen LogP contribution in [0.25, 0.3) is 0 Å². The number of nitrogens with one attached hydrogen (secondary N) is 1. The van der Waals surface area contributed by atoms with Crippen LogP contribution in [-0.4, -0.2) is 12.5 Å². The second-order valence-corrected chi connectivity index (χ2v) is 4.22. The predicted octanol–water partition coefficient (Wildman–Crippen LogP) is 1.91. The van der Waals surface area contributed by atoms with Crippen LogP contribution in [0.4, 0.5) is 5.00 Å². The zero-order valence-corrected chi connectivity index (χ0v) is 8.65. The lowest BCUT2D eigenvalue weighted by Gasteiger charge is -2.07. The summed E-state index contributed by atoms with van der Waals surface area (Å²) in [5.41, 5.74) is 5.78. The molecule has 0 fully saturated rings. The standard InChI is InChI=1S/C9H14N2OS/c1-6(2)5-11-9-7(8(10)12)3-4-13-9/h3-4,6,11H,5H2,1-2H3,(H2,10,12). The third-order valence-electron chi connectivity index (χ3n) is 1.60. The van der Waals surface area contributed by atoms with Gasteiger partial charge in [-0.1, -0.05) is 13.8 Å². The Bertz CT molecular complexity index is 294. The summed E-state index contributed by atoms with van der Waals surface area (Å²) in [5.74, 6) is 0.190. The molecular weight excluding hydrogens is 184 g/mol. The van der Waals surface area contributed by atoms with Crippen molar-refractivity contribution in [3.63, 3.8) is 0 Å². The van der Waals surface area contributed by atoms with Crippen LogP contribution >= 0.6 is 11.3 Å². The molecular formula is C9H14N2OS. The summed E-state index contributed by atoms with van der Waals surface area (Å²) >= 11 is 1.51. The van der Waals surface area contributed by atoms with E-state index in [2.05, 4.69) is 19.2 Å². The van der Waals surface area contributed by atoms with Crippen molar-refractivity contribution in [1.82, 2.24) is 0 Å². The minimum absolute atomic E-state index is 0.368. The number of nitrogens with two attached hydrogens (primary N) is 1. The van der Waals surface area contributed by atoms with Gasteiger partial charge in [0.05, 0.1) is 5.56 Å². The summed E-state index contributed by atoms with van der Waals surface area (Å²) in [6.45, 7) is 5.09. The Kier molecular flexibility index (Phi) is 3.31. The molecule has 1 amide bonds. The normalized spacial score (nSPS) is 10.4. The van der Waals surface area contributed by atoms with Gasteiger partial charge in [0.25, 0.3) is 5.91 Å². The van der Waals surface area contributed by atoms with E-state index in [1.807, 2.05) is 5.38 Å². The fourth-order valence-electron chi connectivity index (χ4n) is 0.937. The summed E-state index contributed by atoms with van der Waals surface area (Å²) < 4.78 is 0. The van der Waals surface area contributed by atoms with Crippen molar-refractivity contribution >= 4 is 22.2 Å². The van der Waals surface area contributed by atoms with E-state index < -0.39 is 0 Å². The smallest absolute Gasteiger partial charge is 0.251 e. The average Bonchev–Trinajstić information content (AvgIpc) is 2.47. The molecule has 4 heteroatoms. The van der Waals surface area contributed by atoms with E-state index in [1.54, 1.807) is 6.07 Å². The summed E-state index contributed by atoms with van der Waals surface area (Å²) in [5, 5.41) is 5.93. The fraction of sp³-hybridized carbons (Fsp3) is 0.444. The van der Waals surface area contributed by atoms with Gasteiger partial charge in [-0.2, -0.15) is 0 Å². The van der Waals surface area contributed by atoms with Crippen molar-refractivity contribution in [3.8, 4) is 0 Å². The van der Waals surface area contributed by atoms with Crippen LogP contribution in [-0.2, 0) is 0 Å². The topological polar surface area (TPSA) is 55.1 Å². The highest BCUT2D eigenvalue weighted by atomic mass is 32.1. The van der Waals surface area contributed by atoms with Gasteiger partial charge >= 0.3 is 0 Å². The van der Waals surface area contributed by atoms with Gasteiger partial charge < -0.3 is 11.1 Å². The molecule has 1 rings (SSSR count). The van der Waals surface area contributed by atoms with Crippen LogP contribution in [0.2, 0.25) is 0 Å². The number of amides is 1. The van der Waals surface area contributed by atoms with Gasteiger partial charge in [-0.3, -0.25) is 4.79 Å². The first kappa shape index (κ1) is 10.1. The van der Waals surface area contributed by atoms with Gasteiger partial charge in [0, 0.05) is 6.54 Å². The maximum atomic E-state index is 10.9. The molecule has 0 saturated carbocycles. The van der Waals surface area contributed by atoms with E-state index in [1.165, 1.54) is 11.3 Å². The number of hydrogen-bond acceptors (Lipinski definition) is 3. The Hall–Kier alpha value is -1.03. The quantitative estimate of drug-likeness (QED) is 0.776. The monoisotopic (exact) mass is 198 g/mol. The Morgan fingerprint density at radius 1 is 1.69 bits per heavy atom. The van der Waals surface area contributed by atoms with Crippen molar-refractivity contribution in [2.45, 2.75) is 13.8 Å². The summed E-state index contributed by atoms with van der Waals surface area (Å²) in [6.07, 6.45) is 0. The van der Waals surface area contributed by atoms with Crippen LogP contribution in [0.5, 0.6) is 0 Å². The summed E-state index contributed by atoms with van der Waals surface area (Å²) in [4.78, 5) is 10.9. The number of carbonyl (C=O) groups is 1. The van der Waals surface area contributed by atoms with E-state index in [9.17, 15) is 4.79 Å². The molecule has 0 unspecified atom stereocenters. The third-order valence-corrected chi connectivity index (χ3v) is 2.47. The van der Waals surface area contributed by atoms with Gasteiger partial charge in [-0.15, -0.1) is 11.3 Å². The maximum Gasteiger partial charge on any atom is 0.251 e. The van der Waals surface area contributed by atoms with Crippen molar-refractivity contribution in [2.75, 3.05) is 11.9 Å². The zero-order chi connectivity index (χ0) is 9.84. The highest BCUT2D eigenvalue weighted by molar-refractivity contribution is 7.14. The highest BCUT2D eigenvalue weighted by Gasteiger charge is 2.08. The lowest BCUT2D eigenvalue weighted by molar-refractivity contribution is 0.100. The number of anilines is 1. The minimum atomic E-state index is -0.368. The number of rotatable bonds is 4. The van der Waals surface area contributed by atoms with Gasteiger partial charge in [0.2, 0.25) is 0 Å². The van der Waals surface area contributed by atoms with Crippen LogP contribution in [0.15, 0.2) is 11.4 Å². The molecule has 0 saturated heterocycles. The van der Waals surface area contributed by atoms with Crippen molar-refractivity contribution in [1.29, 1.82) is 0 Å². The Balaban J connectivity index is 2.65. The SMILES string of the molecule is CC(C)CNc1sccc1C(N)=O. The molecule has 0 spiro atoms. The highest BCUT2D eigenvalue weighted by Crippen LogP contribution is 2.22. The van der Waals surface area contributed by atoms with Crippen LogP contribution in [0.1, 0.15) is 24.2 Å². The largest absolute Gasteiger partial charge is 0.376 e. The molecule has 3 N–H and O–H groups in total. The van der Waals surface area contributed by atoms with E-state index in [4.69, 9.17) is 5.73 Å². The number of primary amides is 1. The first-order valence-corrected chi connectivity index (χ1v) is 5.10. The van der Waals surface area contributed by atoms with Crippen LogP contribution in [0.3, 0.4) is 0 Å². The molecule has 0 atom stereocenters. The first-order valence-electron chi connectivity index (χ1n) is 4.22. The first-order chi connectivity index (χ1) is 6.11. The van der Waals surface area contributed by atoms with Crippen LogP contribution in [0, 0.1) is 5.92 Å². The lowest BCUT2D eigenvalue weighted by Crippen LogP contribution is -2.14. The number of carbonyl (C=O) groups excluding carboxylic acids is 1. The zero-order valence-electron chi connectivity index (χ0n) is 7.83. The molecule has 13 heavy (non-hydrogen) atoms. The molecule has 3 nitrogen and oxygen atoms in total. The molecule has 0 aliphatic rings. The molecule has 1 aromatic heterocycles. The van der Waals surface area contributed by atoms with Crippen LogP contribution < -0.4 is 11.1 Å². The van der Waals surface area contributed by atoms with E-state index >= 15 is 0 Å². The third kappa shape index (κ3) is 2.73. The molecule has 0 bridgehead atoms. The molecule has 72 valence electrons. The van der Waals surface area contributed by atoms with E-state index in [-0.39, 0.29) is 5.91 Å². The van der Waals surface area contributed by atoms with E-state index in [0.29, 0.717) is 11.5 Å². The molecule has 0 aliphatic carbocycles. The van der Waals surface area contributed by atoms with Gasteiger partial charge in [-0.25, -0.2) is 0 Å². The molecule has 1 heterocycles. The lowest BCUT2D eigenvalue weighted by atomic mass is 10.2. The minimum Gasteiger partial charge on any atom is -0.376 e. The maximum absolute atomic E-state index is 10.9. The average molecular weight is 198 g/mol. The van der Waals surface area contributed by atoms with Gasteiger partial charge in [0.1, 0.15) is 5.00 Å². The summed E-state index contributed by atoms with van der Waals surface area (Å²) in [7, 11) is 0. The predicted molar refractivity (Wildman–Crippen MR) is 56.2 cm³/mol.